The monoisotopic (exact) mass is 364 g/mol. The second-order valence-corrected chi connectivity index (χ2v) is 6.21. The number of rotatable bonds is 4. The van der Waals surface area contributed by atoms with E-state index in [2.05, 4.69) is 25.4 Å². The summed E-state index contributed by atoms with van der Waals surface area (Å²) in [4.78, 5) is 12.2. The second kappa shape index (κ2) is 6.54. The SMILES string of the molecule is Cc1cc(C(F)(F)F)nc(CCNc2cc(C)nc3c(C)c(C)nn23)n1. The van der Waals surface area contributed by atoms with Gasteiger partial charge in [0, 0.05) is 36.0 Å². The highest BCUT2D eigenvalue weighted by Gasteiger charge is 2.33. The minimum Gasteiger partial charge on any atom is -0.369 e. The van der Waals surface area contributed by atoms with Crippen LogP contribution in [0.4, 0.5) is 19.0 Å². The molecule has 0 saturated heterocycles. The summed E-state index contributed by atoms with van der Waals surface area (Å²) >= 11 is 0. The third-order valence-electron chi connectivity index (χ3n) is 4.03. The van der Waals surface area contributed by atoms with E-state index in [4.69, 9.17) is 0 Å². The van der Waals surface area contributed by atoms with Gasteiger partial charge < -0.3 is 5.32 Å². The predicted molar refractivity (Wildman–Crippen MR) is 91.2 cm³/mol. The lowest BCUT2D eigenvalue weighted by Crippen LogP contribution is -2.15. The Morgan fingerprint density at radius 2 is 1.69 bits per heavy atom. The largest absolute Gasteiger partial charge is 0.433 e. The Labute approximate surface area is 148 Å². The standard InChI is InChI=1S/C17H19F3N6/c1-9-7-13(17(18,19)20)24-14(22-9)5-6-21-15-8-10(2)23-16-11(3)12(4)25-26(15)16/h7-8,21H,5-6H2,1-4H3. The topological polar surface area (TPSA) is 68.0 Å². The number of nitrogens with zero attached hydrogens (tertiary/aromatic N) is 5. The Bertz CT molecular complexity index is 961. The van der Waals surface area contributed by atoms with Crippen molar-refractivity contribution in [1.29, 1.82) is 0 Å². The van der Waals surface area contributed by atoms with Gasteiger partial charge in [-0.1, -0.05) is 0 Å². The Hall–Kier alpha value is -2.71. The van der Waals surface area contributed by atoms with Crippen molar-refractivity contribution in [1.82, 2.24) is 24.6 Å². The van der Waals surface area contributed by atoms with Crippen LogP contribution in [0.15, 0.2) is 12.1 Å². The van der Waals surface area contributed by atoms with Gasteiger partial charge in [-0.25, -0.2) is 15.0 Å². The number of alkyl halides is 3. The van der Waals surface area contributed by atoms with Crippen LogP contribution in [0, 0.1) is 27.7 Å². The first kappa shape index (κ1) is 18.1. The van der Waals surface area contributed by atoms with Crippen LogP contribution >= 0.6 is 0 Å². The molecule has 0 fully saturated rings. The molecular formula is C17H19F3N6. The maximum absolute atomic E-state index is 12.9. The number of aryl methyl sites for hydroxylation is 4. The average molecular weight is 364 g/mol. The molecule has 3 aromatic rings. The van der Waals surface area contributed by atoms with Crippen molar-refractivity contribution in [2.75, 3.05) is 11.9 Å². The molecule has 0 saturated carbocycles. The molecule has 26 heavy (non-hydrogen) atoms. The number of hydrogen-bond acceptors (Lipinski definition) is 5. The number of halogens is 3. The molecule has 3 heterocycles. The van der Waals surface area contributed by atoms with Crippen LogP contribution in [0.5, 0.6) is 0 Å². The van der Waals surface area contributed by atoms with Crippen LogP contribution in [-0.2, 0) is 12.6 Å². The van der Waals surface area contributed by atoms with E-state index in [1.54, 1.807) is 4.52 Å². The van der Waals surface area contributed by atoms with Crippen LogP contribution in [0.25, 0.3) is 5.65 Å². The molecule has 6 nitrogen and oxygen atoms in total. The first-order chi connectivity index (χ1) is 12.1. The molecule has 0 bridgehead atoms. The summed E-state index contributed by atoms with van der Waals surface area (Å²) in [7, 11) is 0. The maximum atomic E-state index is 12.9. The van der Waals surface area contributed by atoms with Gasteiger partial charge in [-0.3, -0.25) is 0 Å². The third-order valence-corrected chi connectivity index (χ3v) is 4.03. The fourth-order valence-electron chi connectivity index (χ4n) is 2.67. The normalized spacial score (nSPS) is 12.0. The van der Waals surface area contributed by atoms with Crippen molar-refractivity contribution in [3.63, 3.8) is 0 Å². The number of hydrogen-bond donors (Lipinski definition) is 1. The number of nitrogens with one attached hydrogen (secondary N) is 1. The van der Waals surface area contributed by atoms with Crippen LogP contribution < -0.4 is 5.32 Å². The number of aromatic nitrogens is 5. The van der Waals surface area contributed by atoms with E-state index in [0.717, 1.165) is 34.5 Å². The summed E-state index contributed by atoms with van der Waals surface area (Å²) in [5.74, 6) is 0.882. The van der Waals surface area contributed by atoms with Crippen molar-refractivity contribution < 1.29 is 13.2 Å². The van der Waals surface area contributed by atoms with E-state index in [1.165, 1.54) is 6.92 Å². The van der Waals surface area contributed by atoms with Gasteiger partial charge in [-0.2, -0.15) is 22.8 Å². The molecule has 0 atom stereocenters. The van der Waals surface area contributed by atoms with Gasteiger partial charge in [0.05, 0.1) is 5.69 Å². The quantitative estimate of drug-likeness (QED) is 0.768. The van der Waals surface area contributed by atoms with Crippen LogP contribution in [-0.4, -0.2) is 31.1 Å². The molecule has 1 N–H and O–H groups in total. The zero-order chi connectivity index (χ0) is 19.1. The van der Waals surface area contributed by atoms with Gasteiger partial charge in [-0.05, 0) is 33.8 Å². The van der Waals surface area contributed by atoms with Gasteiger partial charge in [0.1, 0.15) is 17.3 Å². The lowest BCUT2D eigenvalue weighted by Gasteiger charge is -2.11. The highest BCUT2D eigenvalue weighted by atomic mass is 19.4. The maximum Gasteiger partial charge on any atom is 0.433 e. The molecule has 0 aliphatic heterocycles. The lowest BCUT2D eigenvalue weighted by molar-refractivity contribution is -0.141. The van der Waals surface area contributed by atoms with Gasteiger partial charge in [-0.15, -0.1) is 0 Å². The molecule has 3 aromatic heterocycles. The predicted octanol–water partition coefficient (Wildman–Crippen LogP) is 3.43. The molecule has 0 amide bonds. The molecule has 0 aliphatic rings. The van der Waals surface area contributed by atoms with Crippen molar-refractivity contribution >= 4 is 11.5 Å². The summed E-state index contributed by atoms with van der Waals surface area (Å²) in [6.07, 6.45) is -4.22. The molecule has 0 radical (unpaired) electrons. The smallest absolute Gasteiger partial charge is 0.369 e. The summed E-state index contributed by atoms with van der Waals surface area (Å²) in [5.41, 5.74) is 2.84. The zero-order valence-corrected chi connectivity index (χ0v) is 14.9. The highest BCUT2D eigenvalue weighted by Crippen LogP contribution is 2.27. The third kappa shape index (κ3) is 3.61. The Balaban J connectivity index is 1.80. The van der Waals surface area contributed by atoms with E-state index in [0.29, 0.717) is 12.2 Å². The fraction of sp³-hybridized carbons (Fsp3) is 0.412. The Morgan fingerprint density at radius 1 is 1.00 bits per heavy atom. The molecule has 138 valence electrons. The highest BCUT2D eigenvalue weighted by molar-refractivity contribution is 5.55. The van der Waals surface area contributed by atoms with E-state index in [1.807, 2.05) is 26.8 Å². The van der Waals surface area contributed by atoms with Gasteiger partial charge in [0.2, 0.25) is 0 Å². The minimum atomic E-state index is -4.48. The average Bonchev–Trinajstić information content (AvgIpc) is 2.82. The first-order valence-electron chi connectivity index (χ1n) is 8.14. The summed E-state index contributed by atoms with van der Waals surface area (Å²) in [5, 5.41) is 7.65. The van der Waals surface area contributed by atoms with E-state index in [9.17, 15) is 13.2 Å². The zero-order valence-electron chi connectivity index (χ0n) is 14.9. The van der Waals surface area contributed by atoms with Crippen molar-refractivity contribution in [3.05, 3.63) is 46.3 Å². The second-order valence-electron chi connectivity index (χ2n) is 6.21. The summed E-state index contributed by atoms with van der Waals surface area (Å²) in [6.45, 7) is 7.64. The number of anilines is 1. The number of fused-ring (bicyclic) bond motifs is 1. The lowest BCUT2D eigenvalue weighted by atomic mass is 10.3. The first-order valence-corrected chi connectivity index (χ1v) is 8.14. The molecule has 9 heteroatoms. The molecule has 0 spiro atoms. The van der Waals surface area contributed by atoms with Crippen molar-refractivity contribution in [2.45, 2.75) is 40.3 Å². The van der Waals surface area contributed by atoms with Crippen LogP contribution in [0.1, 0.15) is 34.2 Å². The molecule has 0 aliphatic carbocycles. The van der Waals surface area contributed by atoms with Crippen LogP contribution in [0.3, 0.4) is 0 Å². The Kier molecular flexibility index (Phi) is 4.55. The van der Waals surface area contributed by atoms with Crippen molar-refractivity contribution in [3.8, 4) is 0 Å². The Morgan fingerprint density at radius 3 is 2.38 bits per heavy atom. The van der Waals surface area contributed by atoms with Crippen LogP contribution in [0.2, 0.25) is 0 Å². The van der Waals surface area contributed by atoms with E-state index in [-0.39, 0.29) is 12.2 Å². The molecule has 3 rings (SSSR count). The van der Waals surface area contributed by atoms with E-state index >= 15 is 0 Å². The van der Waals surface area contributed by atoms with E-state index < -0.39 is 11.9 Å². The van der Waals surface area contributed by atoms with Gasteiger partial charge >= 0.3 is 6.18 Å². The van der Waals surface area contributed by atoms with Gasteiger partial charge in [0.25, 0.3) is 0 Å². The molecule has 0 unspecified atom stereocenters. The summed E-state index contributed by atoms with van der Waals surface area (Å²) in [6, 6.07) is 2.79. The van der Waals surface area contributed by atoms with Gasteiger partial charge in [0.15, 0.2) is 5.65 Å². The van der Waals surface area contributed by atoms with Crippen molar-refractivity contribution in [2.24, 2.45) is 0 Å². The fourth-order valence-corrected chi connectivity index (χ4v) is 2.67. The summed E-state index contributed by atoms with van der Waals surface area (Å²) < 4.78 is 40.3. The molecule has 0 aromatic carbocycles. The molecular weight excluding hydrogens is 345 g/mol. The minimum absolute atomic E-state index is 0.152.